The minimum absolute atomic E-state index is 0.268. The zero-order valence-electron chi connectivity index (χ0n) is 16.2. The van der Waals surface area contributed by atoms with E-state index in [1.165, 1.54) is 0 Å². The summed E-state index contributed by atoms with van der Waals surface area (Å²) in [6.45, 7) is 1.79. The molecular weight excluding hydrogens is 358 g/mol. The molecule has 2 heterocycles. The molecule has 0 bridgehead atoms. The van der Waals surface area contributed by atoms with Crippen LogP contribution in [0, 0.1) is 0 Å². The number of fused-ring (bicyclic) bond motifs is 1. The van der Waals surface area contributed by atoms with Crippen molar-refractivity contribution in [3.8, 4) is 22.9 Å². The van der Waals surface area contributed by atoms with Crippen LogP contribution in [0.5, 0.6) is 11.5 Å². The second-order valence-corrected chi connectivity index (χ2v) is 6.51. The van der Waals surface area contributed by atoms with E-state index in [4.69, 9.17) is 28.9 Å². The molecule has 1 aliphatic heterocycles. The molecule has 146 valence electrons. The molecule has 1 aromatic heterocycles. The highest BCUT2D eigenvalue weighted by Crippen LogP contribution is 2.36. The maximum absolute atomic E-state index is 5.60. The fraction of sp³-hybridized carbons (Fsp3) is 0.333. The summed E-state index contributed by atoms with van der Waals surface area (Å²) < 4.78 is 22.1. The second kappa shape index (κ2) is 8.00. The molecule has 1 fully saturated rings. The maximum Gasteiger partial charge on any atom is 0.175 e. The van der Waals surface area contributed by atoms with Crippen molar-refractivity contribution >= 4 is 16.7 Å². The van der Waals surface area contributed by atoms with Gasteiger partial charge >= 0.3 is 0 Å². The number of methoxy groups -OCH3 is 2. The third-order valence-electron chi connectivity index (χ3n) is 4.69. The molecule has 7 nitrogen and oxygen atoms in total. The number of benzene rings is 2. The summed E-state index contributed by atoms with van der Waals surface area (Å²) in [5, 5.41) is 0.873. The summed E-state index contributed by atoms with van der Waals surface area (Å²) in [5.74, 6) is 2.69. The number of nitrogens with zero attached hydrogens (tertiary/aromatic N) is 3. The van der Waals surface area contributed by atoms with Crippen molar-refractivity contribution in [2.75, 3.05) is 45.9 Å². The van der Waals surface area contributed by atoms with Crippen LogP contribution in [0.2, 0.25) is 0 Å². The van der Waals surface area contributed by atoms with Crippen LogP contribution in [-0.2, 0) is 9.47 Å². The average molecular weight is 381 g/mol. The SMILES string of the molecule is COc1cc2nc(-c3ccccc3)nc(N(C)CC3OCCO3)c2cc1OC. The van der Waals surface area contributed by atoms with E-state index in [0.29, 0.717) is 37.1 Å². The first kappa shape index (κ1) is 18.5. The van der Waals surface area contributed by atoms with Gasteiger partial charge in [0, 0.05) is 24.1 Å². The van der Waals surface area contributed by atoms with Crippen LogP contribution in [0.4, 0.5) is 5.82 Å². The van der Waals surface area contributed by atoms with E-state index < -0.39 is 0 Å². The lowest BCUT2D eigenvalue weighted by molar-refractivity contribution is -0.0336. The lowest BCUT2D eigenvalue weighted by Crippen LogP contribution is -2.30. The Morgan fingerprint density at radius 1 is 1.00 bits per heavy atom. The molecule has 0 aliphatic carbocycles. The van der Waals surface area contributed by atoms with Gasteiger partial charge in [-0.2, -0.15) is 0 Å². The first-order valence-electron chi connectivity index (χ1n) is 9.13. The number of hydrogen-bond acceptors (Lipinski definition) is 7. The third kappa shape index (κ3) is 3.58. The molecule has 7 heteroatoms. The van der Waals surface area contributed by atoms with Crippen molar-refractivity contribution in [3.05, 3.63) is 42.5 Å². The minimum atomic E-state index is -0.268. The summed E-state index contributed by atoms with van der Waals surface area (Å²) in [6.07, 6.45) is -0.268. The Labute approximate surface area is 163 Å². The normalized spacial score (nSPS) is 14.4. The van der Waals surface area contributed by atoms with Crippen molar-refractivity contribution in [2.45, 2.75) is 6.29 Å². The van der Waals surface area contributed by atoms with Gasteiger partial charge in [-0.15, -0.1) is 0 Å². The van der Waals surface area contributed by atoms with Gasteiger partial charge in [0.25, 0.3) is 0 Å². The number of rotatable bonds is 6. The van der Waals surface area contributed by atoms with E-state index >= 15 is 0 Å². The molecule has 0 unspecified atom stereocenters. The molecule has 0 spiro atoms. The summed E-state index contributed by atoms with van der Waals surface area (Å²) in [7, 11) is 5.20. The van der Waals surface area contributed by atoms with E-state index in [1.54, 1.807) is 14.2 Å². The Kier molecular flexibility index (Phi) is 5.27. The molecule has 0 amide bonds. The standard InChI is InChI=1S/C21H23N3O4/c1-24(13-19-27-9-10-28-19)21-15-11-17(25-2)18(26-3)12-16(15)22-20(23-21)14-7-5-4-6-8-14/h4-8,11-12,19H,9-10,13H2,1-3H3. The van der Waals surface area contributed by atoms with Crippen LogP contribution in [0.15, 0.2) is 42.5 Å². The number of likely N-dealkylation sites (N-methyl/N-ethyl adjacent to an activating group) is 1. The van der Waals surface area contributed by atoms with Gasteiger partial charge in [0.05, 0.1) is 39.5 Å². The highest BCUT2D eigenvalue weighted by Gasteiger charge is 2.22. The van der Waals surface area contributed by atoms with E-state index in [2.05, 4.69) is 0 Å². The van der Waals surface area contributed by atoms with Gasteiger partial charge in [0.15, 0.2) is 23.6 Å². The Hall–Kier alpha value is -2.90. The predicted octanol–water partition coefficient (Wildman–Crippen LogP) is 3.12. The predicted molar refractivity (Wildman–Crippen MR) is 107 cm³/mol. The summed E-state index contributed by atoms with van der Waals surface area (Å²) in [6, 6.07) is 13.7. The molecule has 1 saturated heterocycles. The molecule has 0 N–H and O–H groups in total. The van der Waals surface area contributed by atoms with Gasteiger partial charge in [-0.3, -0.25) is 0 Å². The van der Waals surface area contributed by atoms with Crippen molar-refractivity contribution in [3.63, 3.8) is 0 Å². The summed E-state index contributed by atoms with van der Waals surface area (Å²) in [4.78, 5) is 11.6. The monoisotopic (exact) mass is 381 g/mol. The Morgan fingerprint density at radius 3 is 2.36 bits per heavy atom. The molecule has 0 saturated carbocycles. The second-order valence-electron chi connectivity index (χ2n) is 6.51. The molecular formula is C21H23N3O4. The topological polar surface area (TPSA) is 65.9 Å². The van der Waals surface area contributed by atoms with Gasteiger partial charge in [-0.05, 0) is 6.07 Å². The van der Waals surface area contributed by atoms with E-state index in [0.717, 1.165) is 22.3 Å². The van der Waals surface area contributed by atoms with Crippen LogP contribution >= 0.6 is 0 Å². The van der Waals surface area contributed by atoms with Crippen molar-refractivity contribution in [1.82, 2.24) is 9.97 Å². The fourth-order valence-corrected chi connectivity index (χ4v) is 3.27. The Morgan fingerprint density at radius 2 is 1.68 bits per heavy atom. The minimum Gasteiger partial charge on any atom is -0.493 e. The first-order valence-corrected chi connectivity index (χ1v) is 9.13. The van der Waals surface area contributed by atoms with Crippen molar-refractivity contribution < 1.29 is 18.9 Å². The van der Waals surface area contributed by atoms with E-state index in [9.17, 15) is 0 Å². The van der Waals surface area contributed by atoms with Gasteiger partial charge in [-0.25, -0.2) is 9.97 Å². The van der Waals surface area contributed by atoms with Gasteiger partial charge in [0.2, 0.25) is 0 Å². The number of aromatic nitrogens is 2. The van der Waals surface area contributed by atoms with E-state index in [-0.39, 0.29) is 6.29 Å². The zero-order chi connectivity index (χ0) is 19.5. The van der Waals surface area contributed by atoms with Crippen molar-refractivity contribution in [1.29, 1.82) is 0 Å². The highest BCUT2D eigenvalue weighted by atomic mass is 16.7. The van der Waals surface area contributed by atoms with Crippen LogP contribution in [0.25, 0.3) is 22.3 Å². The molecule has 3 aromatic rings. The fourth-order valence-electron chi connectivity index (χ4n) is 3.27. The lowest BCUT2D eigenvalue weighted by atomic mass is 10.1. The Bertz CT molecular complexity index is 959. The largest absolute Gasteiger partial charge is 0.493 e. The van der Waals surface area contributed by atoms with Crippen molar-refractivity contribution in [2.24, 2.45) is 0 Å². The molecule has 2 aromatic carbocycles. The Balaban J connectivity index is 1.85. The molecule has 28 heavy (non-hydrogen) atoms. The molecule has 4 rings (SSSR count). The zero-order valence-corrected chi connectivity index (χ0v) is 16.2. The summed E-state index contributed by atoms with van der Waals surface area (Å²) >= 11 is 0. The van der Waals surface area contributed by atoms with Gasteiger partial charge < -0.3 is 23.8 Å². The summed E-state index contributed by atoms with van der Waals surface area (Å²) in [5.41, 5.74) is 1.73. The van der Waals surface area contributed by atoms with Gasteiger partial charge in [0.1, 0.15) is 5.82 Å². The van der Waals surface area contributed by atoms with Crippen LogP contribution in [-0.4, -0.2) is 57.3 Å². The highest BCUT2D eigenvalue weighted by molar-refractivity contribution is 5.93. The smallest absolute Gasteiger partial charge is 0.175 e. The average Bonchev–Trinajstić information content (AvgIpc) is 3.25. The third-order valence-corrected chi connectivity index (χ3v) is 4.69. The van der Waals surface area contributed by atoms with Crippen LogP contribution in [0.3, 0.4) is 0 Å². The van der Waals surface area contributed by atoms with Crippen LogP contribution < -0.4 is 14.4 Å². The number of ether oxygens (including phenoxy) is 4. The maximum atomic E-state index is 5.60. The number of anilines is 1. The van der Waals surface area contributed by atoms with Crippen LogP contribution in [0.1, 0.15) is 0 Å². The molecule has 1 aliphatic rings. The van der Waals surface area contributed by atoms with Gasteiger partial charge in [-0.1, -0.05) is 30.3 Å². The number of hydrogen-bond donors (Lipinski definition) is 0. The lowest BCUT2D eigenvalue weighted by Gasteiger charge is -2.23. The quantitative estimate of drug-likeness (QED) is 0.650. The first-order chi connectivity index (χ1) is 13.7. The van der Waals surface area contributed by atoms with E-state index in [1.807, 2.05) is 54.4 Å². The molecule has 0 atom stereocenters. The molecule has 0 radical (unpaired) electrons.